The molecule has 2 aliphatic rings. The number of halogens is 2. The van der Waals surface area contributed by atoms with Gasteiger partial charge in [-0.3, -0.25) is 4.90 Å². The standard InChI is InChI=1S/C31H35F2N3O3/c1-20-4-6-21(7-5-20)19-36-15-14-31(22-8-11-27(38-2)28(16-22)39-3)13-12-24(18-29(31)36)35-30(37)34-23-9-10-25(32)26(33)17-23/h4-11,16-17,24,29H,12-15,18-19H2,1-3H3,(H2,34,35,37). The summed E-state index contributed by atoms with van der Waals surface area (Å²) in [7, 11) is 3.29. The Balaban J connectivity index is 1.38. The molecule has 2 N–H and O–H groups in total. The summed E-state index contributed by atoms with van der Waals surface area (Å²) < 4.78 is 38.0. The molecule has 1 aliphatic heterocycles. The first-order valence-electron chi connectivity index (χ1n) is 13.4. The lowest BCUT2D eigenvalue weighted by atomic mass is 9.65. The van der Waals surface area contributed by atoms with Crippen LogP contribution < -0.4 is 20.1 Å². The number of nitrogens with zero attached hydrogens (tertiary/aromatic N) is 1. The molecule has 0 aromatic heterocycles. The van der Waals surface area contributed by atoms with Gasteiger partial charge in [0.2, 0.25) is 0 Å². The van der Waals surface area contributed by atoms with Crippen LogP contribution in [0.15, 0.2) is 60.7 Å². The predicted octanol–water partition coefficient (Wildman–Crippen LogP) is 6.18. The molecule has 0 spiro atoms. The highest BCUT2D eigenvalue weighted by Gasteiger charge is 2.51. The number of nitrogens with one attached hydrogen (secondary N) is 2. The fourth-order valence-electron chi connectivity index (χ4n) is 6.30. The molecule has 8 heteroatoms. The van der Waals surface area contributed by atoms with Crippen molar-refractivity contribution in [3.05, 3.63) is 89.0 Å². The van der Waals surface area contributed by atoms with Crippen molar-refractivity contribution >= 4 is 11.7 Å². The van der Waals surface area contributed by atoms with Crippen LogP contribution in [0.5, 0.6) is 11.5 Å². The maximum absolute atomic E-state index is 13.6. The lowest BCUT2D eigenvalue weighted by Gasteiger charge is -2.45. The second kappa shape index (κ2) is 11.2. The number of likely N-dealkylation sites (tertiary alicyclic amines) is 1. The van der Waals surface area contributed by atoms with Gasteiger partial charge in [0.05, 0.1) is 14.2 Å². The van der Waals surface area contributed by atoms with Crippen molar-refractivity contribution in [3.63, 3.8) is 0 Å². The van der Waals surface area contributed by atoms with Gasteiger partial charge in [0.1, 0.15) is 0 Å². The van der Waals surface area contributed by atoms with Crippen LogP contribution in [0.4, 0.5) is 19.3 Å². The van der Waals surface area contributed by atoms with Crippen LogP contribution in [-0.4, -0.2) is 43.8 Å². The highest BCUT2D eigenvalue weighted by atomic mass is 19.2. The van der Waals surface area contributed by atoms with E-state index in [0.717, 1.165) is 50.9 Å². The molecule has 0 radical (unpaired) electrons. The minimum atomic E-state index is -0.997. The third kappa shape index (κ3) is 5.57. The highest BCUT2D eigenvalue weighted by molar-refractivity contribution is 5.89. The smallest absolute Gasteiger partial charge is 0.319 e. The Bertz CT molecular complexity index is 1330. The predicted molar refractivity (Wildman–Crippen MR) is 147 cm³/mol. The zero-order chi connectivity index (χ0) is 27.6. The van der Waals surface area contributed by atoms with E-state index in [1.54, 1.807) is 14.2 Å². The van der Waals surface area contributed by atoms with E-state index < -0.39 is 17.7 Å². The van der Waals surface area contributed by atoms with Gasteiger partial charge in [-0.15, -0.1) is 0 Å². The fraction of sp³-hybridized carbons (Fsp3) is 0.387. The second-order valence-electron chi connectivity index (χ2n) is 10.6. The first-order valence-corrected chi connectivity index (χ1v) is 13.4. The summed E-state index contributed by atoms with van der Waals surface area (Å²) in [5.41, 5.74) is 3.84. The van der Waals surface area contributed by atoms with Crippen LogP contribution in [0.3, 0.4) is 0 Å². The van der Waals surface area contributed by atoms with Crippen molar-refractivity contribution < 1.29 is 23.0 Å². The molecule has 206 valence electrons. The van der Waals surface area contributed by atoms with Gasteiger partial charge in [-0.05, 0) is 74.5 Å². The summed E-state index contributed by atoms with van der Waals surface area (Å²) in [6.45, 7) is 3.86. The molecule has 1 saturated heterocycles. The summed E-state index contributed by atoms with van der Waals surface area (Å²) in [5, 5.41) is 5.72. The summed E-state index contributed by atoms with van der Waals surface area (Å²) in [6.07, 6.45) is 3.47. The Morgan fingerprint density at radius 3 is 2.46 bits per heavy atom. The molecule has 3 unspecified atom stereocenters. The fourth-order valence-corrected chi connectivity index (χ4v) is 6.30. The number of anilines is 1. The molecule has 39 heavy (non-hydrogen) atoms. The van der Waals surface area contributed by atoms with E-state index in [1.807, 2.05) is 6.07 Å². The third-order valence-corrected chi connectivity index (χ3v) is 8.35. The number of carbonyl (C=O) groups excluding carboxylic acids is 1. The SMILES string of the molecule is COc1ccc(C23CCC(NC(=O)Nc4ccc(F)c(F)c4)CC2N(Cc2ccc(C)cc2)CC3)cc1OC. The number of urea groups is 1. The number of methoxy groups -OCH3 is 2. The Kier molecular flexibility index (Phi) is 7.75. The number of ether oxygens (including phenoxy) is 2. The minimum absolute atomic E-state index is 0.0628. The average Bonchev–Trinajstić information content (AvgIpc) is 3.30. The van der Waals surface area contributed by atoms with Gasteiger partial charge in [0.25, 0.3) is 0 Å². The zero-order valence-corrected chi connectivity index (χ0v) is 22.6. The van der Waals surface area contributed by atoms with Crippen molar-refractivity contribution in [2.24, 2.45) is 0 Å². The first-order chi connectivity index (χ1) is 18.8. The van der Waals surface area contributed by atoms with Gasteiger partial charge in [0.15, 0.2) is 23.1 Å². The Morgan fingerprint density at radius 2 is 1.74 bits per heavy atom. The molecule has 6 nitrogen and oxygen atoms in total. The van der Waals surface area contributed by atoms with Crippen molar-refractivity contribution in [2.45, 2.75) is 56.7 Å². The number of aryl methyl sites for hydroxylation is 1. The Labute approximate surface area is 228 Å². The number of hydrogen-bond acceptors (Lipinski definition) is 4. The average molecular weight is 536 g/mol. The number of rotatable bonds is 7. The van der Waals surface area contributed by atoms with E-state index in [0.29, 0.717) is 11.5 Å². The van der Waals surface area contributed by atoms with Crippen LogP contribution in [0.2, 0.25) is 0 Å². The second-order valence-corrected chi connectivity index (χ2v) is 10.6. The number of hydrogen-bond donors (Lipinski definition) is 2. The number of benzene rings is 3. The largest absolute Gasteiger partial charge is 0.493 e. The van der Waals surface area contributed by atoms with Crippen molar-refractivity contribution in [2.75, 3.05) is 26.1 Å². The van der Waals surface area contributed by atoms with Gasteiger partial charge in [0, 0.05) is 35.8 Å². The van der Waals surface area contributed by atoms with E-state index >= 15 is 0 Å². The number of carbonyl (C=O) groups is 1. The van der Waals surface area contributed by atoms with Gasteiger partial charge >= 0.3 is 6.03 Å². The van der Waals surface area contributed by atoms with E-state index in [4.69, 9.17) is 9.47 Å². The van der Waals surface area contributed by atoms with Crippen LogP contribution >= 0.6 is 0 Å². The van der Waals surface area contributed by atoms with Gasteiger partial charge in [-0.2, -0.15) is 0 Å². The van der Waals surface area contributed by atoms with Crippen LogP contribution in [-0.2, 0) is 12.0 Å². The molecule has 2 fully saturated rings. The normalized spacial score (nSPS) is 22.7. The molecule has 1 aliphatic carbocycles. The lowest BCUT2D eigenvalue weighted by Crippen LogP contribution is -2.52. The summed E-state index contributed by atoms with van der Waals surface area (Å²) in [5.74, 6) is -0.531. The highest BCUT2D eigenvalue weighted by Crippen LogP contribution is 2.50. The van der Waals surface area contributed by atoms with E-state index in [1.165, 1.54) is 22.8 Å². The molecule has 5 rings (SSSR count). The molecule has 2 amide bonds. The summed E-state index contributed by atoms with van der Waals surface area (Å²) >= 11 is 0. The maximum atomic E-state index is 13.6. The Hall–Kier alpha value is -3.65. The van der Waals surface area contributed by atoms with Gasteiger partial charge in [-0.25, -0.2) is 13.6 Å². The monoisotopic (exact) mass is 535 g/mol. The molecular formula is C31H35F2N3O3. The van der Waals surface area contributed by atoms with Crippen molar-refractivity contribution in [1.29, 1.82) is 0 Å². The Morgan fingerprint density at radius 1 is 0.974 bits per heavy atom. The van der Waals surface area contributed by atoms with Gasteiger partial charge < -0.3 is 20.1 Å². The van der Waals surface area contributed by atoms with Crippen molar-refractivity contribution in [1.82, 2.24) is 10.2 Å². The summed E-state index contributed by atoms with van der Waals surface area (Å²) in [6, 6.07) is 17.9. The molecule has 3 atom stereocenters. The first kappa shape index (κ1) is 26.9. The number of fused-ring (bicyclic) bond motifs is 1. The molecule has 3 aromatic rings. The van der Waals surface area contributed by atoms with Crippen LogP contribution in [0.1, 0.15) is 42.4 Å². The van der Waals surface area contributed by atoms with E-state index in [9.17, 15) is 13.6 Å². The van der Waals surface area contributed by atoms with Gasteiger partial charge in [-0.1, -0.05) is 35.9 Å². The van der Waals surface area contributed by atoms with Crippen LogP contribution in [0.25, 0.3) is 0 Å². The van der Waals surface area contributed by atoms with E-state index in [-0.39, 0.29) is 23.2 Å². The molecule has 1 heterocycles. The quantitative estimate of drug-likeness (QED) is 0.380. The molecule has 0 bridgehead atoms. The topological polar surface area (TPSA) is 62.8 Å². The zero-order valence-electron chi connectivity index (χ0n) is 22.6. The molecule has 3 aromatic carbocycles. The summed E-state index contributed by atoms with van der Waals surface area (Å²) in [4.78, 5) is 15.3. The lowest BCUT2D eigenvalue weighted by molar-refractivity contribution is 0.131. The van der Waals surface area contributed by atoms with Crippen LogP contribution in [0, 0.1) is 18.6 Å². The number of amides is 2. The minimum Gasteiger partial charge on any atom is -0.493 e. The molecular weight excluding hydrogens is 500 g/mol. The third-order valence-electron chi connectivity index (χ3n) is 8.35. The van der Waals surface area contributed by atoms with E-state index in [2.05, 4.69) is 58.9 Å². The van der Waals surface area contributed by atoms with Crippen molar-refractivity contribution in [3.8, 4) is 11.5 Å². The maximum Gasteiger partial charge on any atom is 0.319 e. The molecule has 1 saturated carbocycles.